The van der Waals surface area contributed by atoms with E-state index in [4.69, 9.17) is 10.00 Å². The summed E-state index contributed by atoms with van der Waals surface area (Å²) in [6.07, 6.45) is 1.89. The van der Waals surface area contributed by atoms with Crippen molar-refractivity contribution >= 4 is 27.8 Å². The molecule has 2 aliphatic rings. The summed E-state index contributed by atoms with van der Waals surface area (Å²) in [7, 11) is 0. The molecule has 1 aromatic rings. The Morgan fingerprint density at radius 3 is 2.92 bits per heavy atom. The SMILES string of the molecule is N#Cc1cc(Br)ccc1C(=O)NCC1CC2(CCNCC2)C(=O)O1. The minimum atomic E-state index is -0.393. The Hall–Kier alpha value is -1.91. The van der Waals surface area contributed by atoms with Crippen LogP contribution in [0.4, 0.5) is 0 Å². The smallest absolute Gasteiger partial charge is 0.312 e. The van der Waals surface area contributed by atoms with Gasteiger partial charge in [0.25, 0.3) is 5.91 Å². The number of nitrogens with one attached hydrogen (secondary N) is 2. The molecule has 1 unspecified atom stereocenters. The molecule has 2 saturated heterocycles. The van der Waals surface area contributed by atoms with Crippen LogP contribution in [0.5, 0.6) is 0 Å². The van der Waals surface area contributed by atoms with Crippen LogP contribution in [0.1, 0.15) is 35.2 Å². The van der Waals surface area contributed by atoms with Gasteiger partial charge in [-0.15, -0.1) is 0 Å². The lowest BCUT2D eigenvalue weighted by atomic mass is 9.76. The van der Waals surface area contributed by atoms with E-state index in [1.54, 1.807) is 18.2 Å². The molecule has 2 heterocycles. The number of nitriles is 1. The maximum Gasteiger partial charge on any atom is 0.312 e. The first kappa shape index (κ1) is 16.9. The number of cyclic esters (lactones) is 1. The number of amides is 1. The third-order valence-electron chi connectivity index (χ3n) is 4.72. The second kappa shape index (κ2) is 6.91. The quantitative estimate of drug-likeness (QED) is 0.765. The molecule has 24 heavy (non-hydrogen) atoms. The molecule has 0 radical (unpaired) electrons. The van der Waals surface area contributed by atoms with E-state index in [9.17, 15) is 9.59 Å². The summed E-state index contributed by atoms with van der Waals surface area (Å²) in [6, 6.07) is 6.94. The highest BCUT2D eigenvalue weighted by Crippen LogP contribution is 2.41. The van der Waals surface area contributed by atoms with Gasteiger partial charge in [0, 0.05) is 10.9 Å². The Labute approximate surface area is 148 Å². The zero-order valence-electron chi connectivity index (χ0n) is 13.1. The molecule has 0 aromatic heterocycles. The van der Waals surface area contributed by atoms with E-state index in [0.717, 1.165) is 30.4 Å². The Balaban J connectivity index is 1.61. The van der Waals surface area contributed by atoms with Gasteiger partial charge in [0.2, 0.25) is 0 Å². The fraction of sp³-hybridized carbons (Fsp3) is 0.471. The molecule has 0 aliphatic carbocycles. The number of halogens is 1. The number of nitrogens with zero attached hydrogens (tertiary/aromatic N) is 1. The highest BCUT2D eigenvalue weighted by molar-refractivity contribution is 9.10. The molecule has 2 aliphatic heterocycles. The van der Waals surface area contributed by atoms with Gasteiger partial charge in [0.05, 0.1) is 29.2 Å². The summed E-state index contributed by atoms with van der Waals surface area (Å²) in [4.78, 5) is 24.5. The standard InChI is InChI=1S/C17H18BrN3O3/c18-12-1-2-14(11(7-12)9-19)15(22)21-10-13-8-17(16(23)24-13)3-5-20-6-4-17/h1-2,7,13,20H,3-6,8,10H2,(H,21,22). The van der Waals surface area contributed by atoms with Crippen molar-refractivity contribution in [2.24, 2.45) is 5.41 Å². The minimum Gasteiger partial charge on any atom is -0.460 e. The van der Waals surface area contributed by atoms with Crippen LogP contribution in [0.25, 0.3) is 0 Å². The van der Waals surface area contributed by atoms with Crippen LogP contribution >= 0.6 is 15.9 Å². The summed E-state index contributed by atoms with van der Waals surface area (Å²) in [6.45, 7) is 1.90. The number of carbonyl (C=O) groups excluding carboxylic acids is 2. The molecule has 1 aromatic carbocycles. The second-order valence-corrected chi connectivity index (χ2v) is 7.19. The number of rotatable bonds is 3. The molecular formula is C17H18BrN3O3. The van der Waals surface area contributed by atoms with Crippen molar-refractivity contribution in [3.63, 3.8) is 0 Å². The molecule has 1 spiro atoms. The third-order valence-corrected chi connectivity index (χ3v) is 5.22. The zero-order chi connectivity index (χ0) is 17.2. The number of piperidine rings is 1. The van der Waals surface area contributed by atoms with Crippen LogP contribution < -0.4 is 10.6 Å². The van der Waals surface area contributed by atoms with Crippen LogP contribution in [0.15, 0.2) is 22.7 Å². The van der Waals surface area contributed by atoms with Gasteiger partial charge in [-0.2, -0.15) is 5.26 Å². The lowest BCUT2D eigenvalue weighted by Crippen LogP contribution is -2.39. The summed E-state index contributed by atoms with van der Waals surface area (Å²) >= 11 is 3.28. The van der Waals surface area contributed by atoms with Gasteiger partial charge in [0.1, 0.15) is 6.10 Å². The second-order valence-electron chi connectivity index (χ2n) is 6.27. The van der Waals surface area contributed by atoms with Crippen LogP contribution in [-0.4, -0.2) is 37.6 Å². The zero-order valence-corrected chi connectivity index (χ0v) is 14.7. The topological polar surface area (TPSA) is 91.2 Å². The van der Waals surface area contributed by atoms with Gasteiger partial charge >= 0.3 is 5.97 Å². The molecule has 0 saturated carbocycles. The summed E-state index contributed by atoms with van der Waals surface area (Å²) in [5, 5.41) is 15.2. The van der Waals surface area contributed by atoms with Crippen LogP contribution in [0.3, 0.4) is 0 Å². The first-order valence-corrected chi connectivity index (χ1v) is 8.73. The Morgan fingerprint density at radius 2 is 2.21 bits per heavy atom. The fourth-order valence-corrected chi connectivity index (χ4v) is 3.73. The largest absolute Gasteiger partial charge is 0.460 e. The molecule has 0 bridgehead atoms. The molecule has 126 valence electrons. The number of hydrogen-bond acceptors (Lipinski definition) is 5. The fourth-order valence-electron chi connectivity index (χ4n) is 3.37. The average molecular weight is 392 g/mol. The minimum absolute atomic E-state index is 0.149. The van der Waals surface area contributed by atoms with Gasteiger partial charge in [-0.3, -0.25) is 9.59 Å². The molecular weight excluding hydrogens is 374 g/mol. The maximum absolute atomic E-state index is 12.3. The maximum atomic E-state index is 12.3. The number of benzene rings is 1. The lowest BCUT2D eigenvalue weighted by molar-refractivity contribution is -0.149. The predicted molar refractivity (Wildman–Crippen MR) is 90.2 cm³/mol. The van der Waals surface area contributed by atoms with Crippen molar-refractivity contribution < 1.29 is 14.3 Å². The number of esters is 1. The van der Waals surface area contributed by atoms with E-state index in [1.165, 1.54) is 0 Å². The third kappa shape index (κ3) is 3.30. The molecule has 7 heteroatoms. The molecule has 1 atom stereocenters. The molecule has 2 fully saturated rings. The Bertz CT molecular complexity index is 708. The summed E-state index contributed by atoms with van der Waals surface area (Å²) in [5.41, 5.74) is 0.234. The molecule has 3 rings (SSSR count). The van der Waals surface area contributed by atoms with Crippen LogP contribution in [0.2, 0.25) is 0 Å². The van der Waals surface area contributed by atoms with Gasteiger partial charge in [-0.25, -0.2) is 0 Å². The van der Waals surface area contributed by atoms with Crippen molar-refractivity contribution in [3.8, 4) is 6.07 Å². The predicted octanol–water partition coefficient (Wildman–Crippen LogP) is 1.74. The van der Waals surface area contributed by atoms with Crippen molar-refractivity contribution in [1.29, 1.82) is 5.26 Å². The van der Waals surface area contributed by atoms with Crippen LogP contribution in [-0.2, 0) is 9.53 Å². The van der Waals surface area contributed by atoms with E-state index in [0.29, 0.717) is 17.5 Å². The molecule has 6 nitrogen and oxygen atoms in total. The van der Waals surface area contributed by atoms with E-state index in [1.807, 2.05) is 6.07 Å². The highest BCUT2D eigenvalue weighted by Gasteiger charge is 2.49. The summed E-state index contributed by atoms with van der Waals surface area (Å²) in [5.74, 6) is -0.481. The number of ether oxygens (including phenoxy) is 1. The van der Waals surface area contributed by atoms with Gasteiger partial charge in [-0.1, -0.05) is 15.9 Å². The highest BCUT2D eigenvalue weighted by atomic mass is 79.9. The first-order chi connectivity index (χ1) is 11.5. The van der Waals surface area contributed by atoms with Crippen molar-refractivity contribution in [3.05, 3.63) is 33.8 Å². The number of hydrogen-bond donors (Lipinski definition) is 2. The molecule has 1 amide bonds. The van der Waals surface area contributed by atoms with E-state index >= 15 is 0 Å². The van der Waals surface area contributed by atoms with Gasteiger partial charge < -0.3 is 15.4 Å². The normalized spacial score (nSPS) is 22.0. The lowest BCUT2D eigenvalue weighted by Gasteiger charge is -2.29. The van der Waals surface area contributed by atoms with Gasteiger partial charge in [0.15, 0.2) is 0 Å². The molecule has 2 N–H and O–H groups in total. The Kier molecular flexibility index (Phi) is 4.88. The van der Waals surface area contributed by atoms with E-state index < -0.39 is 5.41 Å². The van der Waals surface area contributed by atoms with Crippen molar-refractivity contribution in [1.82, 2.24) is 10.6 Å². The number of carbonyl (C=O) groups is 2. The first-order valence-electron chi connectivity index (χ1n) is 7.94. The Morgan fingerprint density at radius 1 is 1.46 bits per heavy atom. The van der Waals surface area contributed by atoms with Crippen LogP contribution in [0, 0.1) is 16.7 Å². The van der Waals surface area contributed by atoms with E-state index in [2.05, 4.69) is 26.6 Å². The van der Waals surface area contributed by atoms with E-state index in [-0.39, 0.29) is 24.5 Å². The summed E-state index contributed by atoms with van der Waals surface area (Å²) < 4.78 is 6.21. The van der Waals surface area contributed by atoms with Crippen molar-refractivity contribution in [2.75, 3.05) is 19.6 Å². The monoisotopic (exact) mass is 391 g/mol. The van der Waals surface area contributed by atoms with Gasteiger partial charge in [-0.05, 0) is 44.1 Å². The average Bonchev–Trinajstić information content (AvgIpc) is 2.88. The van der Waals surface area contributed by atoms with Crippen molar-refractivity contribution in [2.45, 2.75) is 25.4 Å².